The number of hydrogen-bond donors (Lipinski definition) is 14. The lowest BCUT2D eigenvalue weighted by Gasteiger charge is -2.47. The summed E-state index contributed by atoms with van der Waals surface area (Å²) in [5.74, 6) is 0. The summed E-state index contributed by atoms with van der Waals surface area (Å²) in [6, 6.07) is -1.21. The highest BCUT2D eigenvalue weighted by molar-refractivity contribution is 5.23. The predicted molar refractivity (Wildman–Crippen MR) is 138 cm³/mol. The number of hydrogen-bond acceptors (Lipinski definition) is 19. The zero-order valence-corrected chi connectivity index (χ0v) is 23.5. The van der Waals surface area contributed by atoms with Gasteiger partial charge < -0.3 is 90.1 Å². The Balaban J connectivity index is 1.45. The van der Waals surface area contributed by atoms with Crippen molar-refractivity contribution in [3.8, 4) is 0 Å². The highest BCUT2D eigenvalue weighted by Gasteiger charge is 2.52. The highest BCUT2D eigenvalue weighted by atomic mass is 16.7. The van der Waals surface area contributed by atoms with Crippen LogP contribution in [0.25, 0.3) is 0 Å². The molecule has 19 nitrogen and oxygen atoms in total. The van der Waals surface area contributed by atoms with Crippen molar-refractivity contribution in [2.24, 2.45) is 0 Å². The second-order valence-corrected chi connectivity index (χ2v) is 11.4. The van der Waals surface area contributed by atoms with Crippen molar-refractivity contribution in [2.75, 3.05) is 19.8 Å². The fourth-order valence-corrected chi connectivity index (χ4v) is 5.79. The number of ether oxygens (including phenoxy) is 5. The molecule has 0 amide bonds. The first-order chi connectivity index (χ1) is 20.7. The standard InChI is InChI=1S/C25H43NO18/c1-6-20(16(35)19(38)25(40-6)44-22-10(5-29)42-24(39)18(37)15(22)34)43-21-7(3-27)2-8(11(30)14(21)33)26-23-17(36)13(32)12(31)9(4-28)41-23/h2,6,8-39H,3-5H2,1H3/t6-,8+,9-,10-,11+,12-,13+,14-,15-,16-,17-,18-,19-,20-,21-,22-,23+,24+,25-/m1/s1. The SMILES string of the molecule is C[C@H]1O[C@H](O[C@H]2[C@H](O)[C@@H](O)[C@@H](O)O[C@@H]2CO)[C@H](O)[C@@H](O)[C@@H]1O[C@@H]1C(CO)=C[C@H](N[C@H]2O[C@H](CO)[C@@H](O)[C@H](O)[C@H]2O)[C@H](O)[C@H]1O. The maximum absolute atomic E-state index is 10.9. The molecule has 14 N–H and O–H groups in total. The molecule has 3 heterocycles. The lowest BCUT2D eigenvalue weighted by molar-refractivity contribution is -0.356. The molecule has 0 spiro atoms. The lowest BCUT2D eigenvalue weighted by Crippen LogP contribution is -2.67. The lowest BCUT2D eigenvalue weighted by atomic mass is 9.87. The minimum atomic E-state index is -1.86. The van der Waals surface area contributed by atoms with Crippen molar-refractivity contribution in [3.63, 3.8) is 0 Å². The third kappa shape index (κ3) is 6.96. The topological polar surface area (TPSA) is 321 Å². The number of nitrogens with one attached hydrogen (secondary N) is 1. The second-order valence-electron chi connectivity index (χ2n) is 11.4. The molecular formula is C25H43NO18. The fraction of sp³-hybridized carbons (Fsp3) is 0.920. The molecule has 256 valence electrons. The van der Waals surface area contributed by atoms with E-state index in [-0.39, 0.29) is 5.57 Å². The monoisotopic (exact) mass is 645 g/mol. The van der Waals surface area contributed by atoms with Crippen molar-refractivity contribution in [2.45, 2.75) is 123 Å². The van der Waals surface area contributed by atoms with E-state index in [1.807, 2.05) is 0 Å². The molecular weight excluding hydrogens is 602 g/mol. The first-order valence-corrected chi connectivity index (χ1v) is 14.1. The molecule has 0 bridgehead atoms. The summed E-state index contributed by atoms with van der Waals surface area (Å²) in [4.78, 5) is 0. The number of aliphatic hydroxyl groups excluding tert-OH is 13. The van der Waals surface area contributed by atoms with Crippen molar-refractivity contribution >= 4 is 0 Å². The molecule has 19 atom stereocenters. The van der Waals surface area contributed by atoms with Crippen LogP contribution in [0, 0.1) is 0 Å². The molecule has 1 aliphatic carbocycles. The molecule has 0 aromatic heterocycles. The molecule has 3 saturated heterocycles. The molecule has 3 aliphatic heterocycles. The maximum atomic E-state index is 10.9. The van der Waals surface area contributed by atoms with Crippen LogP contribution in [0.2, 0.25) is 0 Å². The summed E-state index contributed by atoms with van der Waals surface area (Å²) in [7, 11) is 0. The molecule has 0 aromatic carbocycles. The van der Waals surface area contributed by atoms with E-state index in [1.54, 1.807) is 0 Å². The Kier molecular flexibility index (Phi) is 12.1. The summed E-state index contributed by atoms with van der Waals surface area (Å²) in [6.45, 7) is -0.757. The predicted octanol–water partition coefficient (Wildman–Crippen LogP) is -8.56. The van der Waals surface area contributed by atoms with Gasteiger partial charge >= 0.3 is 0 Å². The fourth-order valence-electron chi connectivity index (χ4n) is 5.79. The second kappa shape index (κ2) is 14.8. The van der Waals surface area contributed by atoms with Gasteiger partial charge in [0.1, 0.15) is 91.7 Å². The molecule has 0 unspecified atom stereocenters. The van der Waals surface area contributed by atoms with Crippen LogP contribution in [0.15, 0.2) is 11.6 Å². The van der Waals surface area contributed by atoms with Gasteiger partial charge in [-0.25, -0.2) is 0 Å². The van der Waals surface area contributed by atoms with Crippen LogP contribution in [-0.4, -0.2) is 203 Å². The number of aliphatic hydroxyl groups is 13. The highest BCUT2D eigenvalue weighted by Crippen LogP contribution is 2.33. The average Bonchev–Trinajstić information content (AvgIpc) is 3.00. The van der Waals surface area contributed by atoms with Gasteiger partial charge in [-0.1, -0.05) is 6.08 Å². The van der Waals surface area contributed by atoms with Crippen LogP contribution in [-0.2, 0) is 23.7 Å². The van der Waals surface area contributed by atoms with E-state index in [0.717, 1.165) is 0 Å². The van der Waals surface area contributed by atoms with Gasteiger partial charge in [-0.05, 0) is 12.5 Å². The Morgan fingerprint density at radius 3 is 1.89 bits per heavy atom. The van der Waals surface area contributed by atoms with Gasteiger partial charge in [-0.2, -0.15) is 0 Å². The van der Waals surface area contributed by atoms with E-state index < -0.39 is 136 Å². The molecule has 3 fully saturated rings. The van der Waals surface area contributed by atoms with Crippen LogP contribution in [0.3, 0.4) is 0 Å². The van der Waals surface area contributed by atoms with Crippen molar-refractivity contribution in [1.82, 2.24) is 5.32 Å². The Morgan fingerprint density at radius 1 is 0.636 bits per heavy atom. The summed E-state index contributed by atoms with van der Waals surface area (Å²) >= 11 is 0. The van der Waals surface area contributed by atoms with Gasteiger partial charge in [0, 0.05) is 0 Å². The molecule has 4 rings (SSSR count). The minimum absolute atomic E-state index is 0.00189. The third-order valence-corrected chi connectivity index (χ3v) is 8.43. The van der Waals surface area contributed by atoms with Gasteiger partial charge in [0.25, 0.3) is 0 Å². The number of rotatable bonds is 9. The van der Waals surface area contributed by atoms with Crippen LogP contribution in [0.5, 0.6) is 0 Å². The van der Waals surface area contributed by atoms with Gasteiger partial charge in [0.05, 0.1) is 32.0 Å². The van der Waals surface area contributed by atoms with E-state index in [1.165, 1.54) is 13.0 Å². The van der Waals surface area contributed by atoms with Crippen LogP contribution in [0.1, 0.15) is 6.92 Å². The van der Waals surface area contributed by atoms with E-state index in [9.17, 15) is 66.4 Å². The summed E-state index contributed by atoms with van der Waals surface area (Å²) < 4.78 is 27.4. The molecule has 44 heavy (non-hydrogen) atoms. The van der Waals surface area contributed by atoms with Crippen LogP contribution >= 0.6 is 0 Å². The average molecular weight is 646 g/mol. The van der Waals surface area contributed by atoms with E-state index >= 15 is 0 Å². The Hall–Kier alpha value is -1.02. The Morgan fingerprint density at radius 2 is 1.27 bits per heavy atom. The van der Waals surface area contributed by atoms with Gasteiger partial charge in [-0.15, -0.1) is 0 Å². The molecule has 0 saturated carbocycles. The minimum Gasteiger partial charge on any atom is -0.394 e. The molecule has 19 heteroatoms. The van der Waals surface area contributed by atoms with Crippen molar-refractivity contribution in [1.29, 1.82) is 0 Å². The van der Waals surface area contributed by atoms with E-state index in [0.29, 0.717) is 0 Å². The summed E-state index contributed by atoms with van der Waals surface area (Å²) in [5.41, 5.74) is -0.00189. The third-order valence-electron chi connectivity index (χ3n) is 8.43. The normalized spacial score (nSPS) is 52.0. The Bertz CT molecular complexity index is 958. The molecule has 0 radical (unpaired) electrons. The van der Waals surface area contributed by atoms with E-state index in [2.05, 4.69) is 5.32 Å². The van der Waals surface area contributed by atoms with Gasteiger partial charge in [-0.3, -0.25) is 5.32 Å². The maximum Gasteiger partial charge on any atom is 0.187 e. The zero-order chi connectivity index (χ0) is 32.6. The smallest absolute Gasteiger partial charge is 0.187 e. The van der Waals surface area contributed by atoms with Crippen LogP contribution in [0.4, 0.5) is 0 Å². The summed E-state index contributed by atoms with van der Waals surface area (Å²) in [5, 5.41) is 135. The quantitative estimate of drug-likeness (QED) is 0.103. The van der Waals surface area contributed by atoms with Crippen molar-refractivity contribution in [3.05, 3.63) is 11.6 Å². The first-order valence-electron chi connectivity index (χ1n) is 14.1. The van der Waals surface area contributed by atoms with E-state index in [4.69, 9.17) is 23.7 Å². The first kappa shape index (κ1) is 35.8. The zero-order valence-electron chi connectivity index (χ0n) is 23.5. The van der Waals surface area contributed by atoms with Crippen LogP contribution < -0.4 is 5.32 Å². The van der Waals surface area contributed by atoms with Gasteiger partial charge in [0.15, 0.2) is 12.6 Å². The largest absolute Gasteiger partial charge is 0.394 e. The van der Waals surface area contributed by atoms with Crippen molar-refractivity contribution < 1.29 is 90.1 Å². The molecule has 0 aromatic rings. The van der Waals surface area contributed by atoms with Gasteiger partial charge in [0.2, 0.25) is 0 Å². The molecule has 4 aliphatic rings. The Labute approximate surface area is 250 Å². The summed E-state index contributed by atoms with van der Waals surface area (Å²) in [6.07, 6.45) is -27.4.